The first-order chi connectivity index (χ1) is 9.11. The summed E-state index contributed by atoms with van der Waals surface area (Å²) in [6.45, 7) is 4.14. The Hall–Kier alpha value is -1.90. The molecule has 19 heavy (non-hydrogen) atoms. The van der Waals surface area contributed by atoms with Gasteiger partial charge < -0.3 is 16.8 Å². The fourth-order valence-electron chi connectivity index (χ4n) is 1.37. The Morgan fingerprint density at radius 3 is 2.47 bits per heavy atom. The maximum absolute atomic E-state index is 5.92. The number of allylic oxidation sites excluding steroid dienone is 7. The van der Waals surface area contributed by atoms with Gasteiger partial charge in [-0.2, -0.15) is 0 Å². The van der Waals surface area contributed by atoms with Gasteiger partial charge in [-0.1, -0.05) is 43.2 Å². The second-order valence-corrected chi connectivity index (χ2v) is 4.31. The zero-order chi connectivity index (χ0) is 14.5. The third kappa shape index (κ3) is 9.77. The van der Waals surface area contributed by atoms with Crippen molar-refractivity contribution in [1.29, 1.82) is 0 Å². The van der Waals surface area contributed by atoms with Gasteiger partial charge in [0.25, 0.3) is 0 Å². The van der Waals surface area contributed by atoms with E-state index in [0.29, 0.717) is 11.4 Å². The summed E-state index contributed by atoms with van der Waals surface area (Å²) >= 11 is 0. The quantitative estimate of drug-likeness (QED) is 0.588. The first-order valence-electron chi connectivity index (χ1n) is 6.70. The number of nitrogens with one attached hydrogen (secondary N) is 1. The van der Waals surface area contributed by atoms with Crippen LogP contribution in [0.3, 0.4) is 0 Å². The molecule has 0 rings (SSSR count). The maximum atomic E-state index is 5.92. The standard InChI is InChI=1S/C16H27N3/c1-4-5-11-15(17)16(18)13-14(2)10-8-6-7-9-12-19-3/h6-7,9-13,19H,4-5,8,17-18H2,1-3H3/b7-6+,12-9-,14-10-,15-11-,16-13-. The largest absolute Gasteiger partial charge is 0.397 e. The van der Waals surface area contributed by atoms with E-state index in [4.69, 9.17) is 11.5 Å². The molecule has 0 aromatic heterocycles. The van der Waals surface area contributed by atoms with Gasteiger partial charge in [0.15, 0.2) is 0 Å². The Morgan fingerprint density at radius 2 is 1.84 bits per heavy atom. The highest BCUT2D eigenvalue weighted by Gasteiger charge is 1.94. The molecular weight excluding hydrogens is 234 g/mol. The summed E-state index contributed by atoms with van der Waals surface area (Å²) in [5.41, 5.74) is 14.2. The van der Waals surface area contributed by atoms with Crippen LogP contribution in [0.5, 0.6) is 0 Å². The number of nitrogens with two attached hydrogens (primary N) is 2. The Bertz CT molecular complexity index is 385. The average Bonchev–Trinajstić information content (AvgIpc) is 2.39. The van der Waals surface area contributed by atoms with Crippen LogP contribution in [-0.4, -0.2) is 7.05 Å². The second-order valence-electron chi connectivity index (χ2n) is 4.31. The normalized spacial score (nSPS) is 14.6. The zero-order valence-electron chi connectivity index (χ0n) is 12.3. The summed E-state index contributed by atoms with van der Waals surface area (Å²) in [5.74, 6) is 0. The second kappa shape index (κ2) is 11.2. The van der Waals surface area contributed by atoms with Crippen molar-refractivity contribution in [2.45, 2.75) is 33.1 Å². The van der Waals surface area contributed by atoms with Crippen molar-refractivity contribution in [3.05, 3.63) is 59.6 Å². The molecule has 3 heteroatoms. The van der Waals surface area contributed by atoms with E-state index in [1.54, 1.807) is 0 Å². The predicted molar refractivity (Wildman–Crippen MR) is 85.2 cm³/mol. The van der Waals surface area contributed by atoms with Crippen molar-refractivity contribution >= 4 is 0 Å². The maximum Gasteiger partial charge on any atom is 0.0547 e. The minimum atomic E-state index is 0.640. The van der Waals surface area contributed by atoms with Crippen LogP contribution in [-0.2, 0) is 0 Å². The molecular formula is C16H27N3. The van der Waals surface area contributed by atoms with Gasteiger partial charge in [0, 0.05) is 7.05 Å². The van der Waals surface area contributed by atoms with Crippen LogP contribution in [0.25, 0.3) is 0 Å². The van der Waals surface area contributed by atoms with Crippen LogP contribution in [0.4, 0.5) is 0 Å². The first-order valence-corrected chi connectivity index (χ1v) is 6.70. The molecule has 106 valence electrons. The van der Waals surface area contributed by atoms with Gasteiger partial charge in [0.2, 0.25) is 0 Å². The minimum absolute atomic E-state index is 0.640. The fraction of sp³-hybridized carbons (Fsp3) is 0.375. The molecule has 0 amide bonds. The van der Waals surface area contributed by atoms with Gasteiger partial charge in [-0.15, -0.1) is 0 Å². The zero-order valence-corrected chi connectivity index (χ0v) is 12.3. The lowest BCUT2D eigenvalue weighted by molar-refractivity contribution is 0.945. The molecule has 0 heterocycles. The molecule has 0 fully saturated rings. The highest BCUT2D eigenvalue weighted by atomic mass is 14.8. The SMILES string of the molecule is CCC/C=C(N)/C(N)=C/C(C)=C\C/C=C/C=C\NC. The van der Waals surface area contributed by atoms with E-state index in [9.17, 15) is 0 Å². The van der Waals surface area contributed by atoms with Crippen molar-refractivity contribution in [2.24, 2.45) is 11.5 Å². The van der Waals surface area contributed by atoms with Gasteiger partial charge in [-0.25, -0.2) is 0 Å². The highest BCUT2D eigenvalue weighted by Crippen LogP contribution is 2.06. The molecule has 0 spiro atoms. The molecule has 0 saturated heterocycles. The van der Waals surface area contributed by atoms with Crippen molar-refractivity contribution in [3.63, 3.8) is 0 Å². The summed E-state index contributed by atoms with van der Waals surface area (Å²) in [4.78, 5) is 0. The van der Waals surface area contributed by atoms with Crippen LogP contribution in [0.1, 0.15) is 33.1 Å². The molecule has 0 saturated carbocycles. The third-order valence-electron chi connectivity index (χ3n) is 2.46. The molecule has 0 aromatic carbocycles. The van der Waals surface area contributed by atoms with Crippen LogP contribution in [0.15, 0.2) is 59.6 Å². The molecule has 0 atom stereocenters. The number of hydrogen-bond acceptors (Lipinski definition) is 3. The molecule has 0 aliphatic carbocycles. The lowest BCUT2D eigenvalue weighted by Crippen LogP contribution is -2.09. The Kier molecular flexibility index (Phi) is 10.1. The average molecular weight is 261 g/mol. The van der Waals surface area contributed by atoms with Gasteiger partial charge in [-0.3, -0.25) is 0 Å². The van der Waals surface area contributed by atoms with Crippen molar-refractivity contribution < 1.29 is 0 Å². The minimum Gasteiger partial charge on any atom is -0.397 e. The topological polar surface area (TPSA) is 64.1 Å². The van der Waals surface area contributed by atoms with E-state index in [1.165, 1.54) is 0 Å². The summed E-state index contributed by atoms with van der Waals surface area (Å²) in [6, 6.07) is 0. The summed E-state index contributed by atoms with van der Waals surface area (Å²) in [5, 5.41) is 2.93. The van der Waals surface area contributed by atoms with E-state index in [-0.39, 0.29) is 0 Å². The van der Waals surface area contributed by atoms with Crippen LogP contribution in [0, 0.1) is 0 Å². The van der Waals surface area contributed by atoms with Crippen LogP contribution < -0.4 is 16.8 Å². The Morgan fingerprint density at radius 1 is 1.11 bits per heavy atom. The predicted octanol–water partition coefficient (Wildman–Crippen LogP) is 3.10. The lowest BCUT2D eigenvalue weighted by atomic mass is 10.1. The smallest absolute Gasteiger partial charge is 0.0547 e. The monoisotopic (exact) mass is 261 g/mol. The molecule has 0 aliphatic rings. The molecule has 3 nitrogen and oxygen atoms in total. The number of hydrogen-bond donors (Lipinski definition) is 3. The van der Waals surface area contributed by atoms with E-state index >= 15 is 0 Å². The molecule has 0 radical (unpaired) electrons. The van der Waals surface area contributed by atoms with E-state index in [0.717, 1.165) is 24.8 Å². The molecule has 0 aliphatic heterocycles. The number of rotatable bonds is 8. The summed E-state index contributed by atoms with van der Waals surface area (Å²) in [6.07, 6.45) is 16.8. The summed E-state index contributed by atoms with van der Waals surface area (Å²) < 4.78 is 0. The van der Waals surface area contributed by atoms with Crippen molar-refractivity contribution in [2.75, 3.05) is 7.05 Å². The third-order valence-corrected chi connectivity index (χ3v) is 2.46. The summed E-state index contributed by atoms with van der Waals surface area (Å²) in [7, 11) is 1.87. The Labute approximate surface area is 117 Å². The Balaban J connectivity index is 4.37. The van der Waals surface area contributed by atoms with E-state index < -0.39 is 0 Å². The van der Waals surface area contributed by atoms with Gasteiger partial charge in [0.1, 0.15) is 0 Å². The van der Waals surface area contributed by atoms with Gasteiger partial charge in [-0.05, 0) is 38.1 Å². The highest BCUT2D eigenvalue weighted by molar-refractivity contribution is 5.32. The van der Waals surface area contributed by atoms with E-state index in [2.05, 4.69) is 24.4 Å². The van der Waals surface area contributed by atoms with E-state index in [1.807, 2.05) is 44.5 Å². The van der Waals surface area contributed by atoms with Gasteiger partial charge >= 0.3 is 0 Å². The molecule has 0 unspecified atom stereocenters. The van der Waals surface area contributed by atoms with Crippen LogP contribution >= 0.6 is 0 Å². The number of unbranched alkanes of at least 4 members (excludes halogenated alkanes) is 1. The molecule has 5 N–H and O–H groups in total. The van der Waals surface area contributed by atoms with Crippen LogP contribution in [0.2, 0.25) is 0 Å². The first kappa shape index (κ1) is 17.1. The lowest BCUT2D eigenvalue weighted by Gasteiger charge is -2.02. The van der Waals surface area contributed by atoms with Gasteiger partial charge in [0.05, 0.1) is 11.4 Å². The molecule has 0 aromatic rings. The fourth-order valence-corrected chi connectivity index (χ4v) is 1.37. The van der Waals surface area contributed by atoms with Crippen molar-refractivity contribution in [1.82, 2.24) is 5.32 Å². The molecule has 0 bridgehead atoms. The van der Waals surface area contributed by atoms with Crippen molar-refractivity contribution in [3.8, 4) is 0 Å².